The molecule has 0 atom stereocenters. The first kappa shape index (κ1) is 21.0. The Bertz CT molecular complexity index is 1310. The molecule has 3 heteroatoms. The average Bonchev–Trinajstić information content (AvgIpc) is 2.76. The zero-order valence-corrected chi connectivity index (χ0v) is 20.0. The third-order valence-electron chi connectivity index (χ3n) is 6.44. The molecule has 0 aliphatic rings. The van der Waals surface area contributed by atoms with Crippen LogP contribution in [0.3, 0.4) is 0 Å². The Labute approximate surface area is 186 Å². The number of rotatable bonds is 4. The molecule has 0 amide bonds. The van der Waals surface area contributed by atoms with Gasteiger partial charge in [0, 0.05) is 11.6 Å². The van der Waals surface area contributed by atoms with E-state index in [0.717, 1.165) is 17.2 Å². The van der Waals surface area contributed by atoms with Crippen molar-refractivity contribution in [3.05, 3.63) is 101 Å². The Morgan fingerprint density at radius 2 is 1.68 bits per heavy atom. The third kappa shape index (κ3) is 4.04. The zero-order valence-electron chi connectivity index (χ0n) is 19.0. The van der Waals surface area contributed by atoms with Gasteiger partial charge in [0.05, 0.1) is 20.0 Å². The van der Waals surface area contributed by atoms with Crippen molar-refractivity contribution in [2.45, 2.75) is 33.0 Å². The van der Waals surface area contributed by atoms with Crippen molar-refractivity contribution in [1.82, 2.24) is 0 Å². The summed E-state index contributed by atoms with van der Waals surface area (Å²) in [5.41, 5.74) is 6.84. The van der Waals surface area contributed by atoms with Gasteiger partial charge in [-0.25, -0.2) is 9.41 Å². The topological polar surface area (TPSA) is 8.24 Å². The molecule has 0 spiro atoms. The molecule has 0 bridgehead atoms. The Morgan fingerprint density at radius 1 is 0.935 bits per heavy atom. The number of hydrogen-bond donors (Lipinski definition) is 0. The molecule has 154 valence electrons. The van der Waals surface area contributed by atoms with E-state index in [4.69, 9.17) is 6.57 Å². The van der Waals surface area contributed by atoms with Gasteiger partial charge >= 0.3 is 0 Å². The van der Waals surface area contributed by atoms with Crippen molar-refractivity contribution < 1.29 is 4.57 Å². The number of hydrogen-bond acceptors (Lipinski definition) is 0. The fraction of sp³-hybridized carbons (Fsp3) is 0.214. The SMILES string of the molecule is [C-]#[N+]c1cc(C)c(C)c(-c2c3ccc([Si](C)(C)Cc4ccccc4)cc3cc[n+]2C)c1. The van der Waals surface area contributed by atoms with E-state index in [-0.39, 0.29) is 0 Å². The molecule has 0 aliphatic carbocycles. The normalized spacial score (nSPS) is 11.5. The third-order valence-corrected chi connectivity index (χ3v) is 9.61. The van der Waals surface area contributed by atoms with Crippen LogP contribution in [0.25, 0.3) is 26.9 Å². The van der Waals surface area contributed by atoms with Crippen LogP contribution < -0.4 is 9.75 Å². The molecule has 0 radical (unpaired) electrons. The lowest BCUT2D eigenvalue weighted by Gasteiger charge is -2.24. The van der Waals surface area contributed by atoms with E-state index in [1.165, 1.54) is 32.8 Å². The van der Waals surface area contributed by atoms with Gasteiger partial charge in [-0.05, 0) is 43.0 Å². The molecule has 2 nitrogen and oxygen atoms in total. The second kappa shape index (κ2) is 8.13. The van der Waals surface area contributed by atoms with Gasteiger partial charge in [-0.15, -0.1) is 0 Å². The van der Waals surface area contributed by atoms with E-state index in [1.54, 1.807) is 0 Å². The lowest BCUT2D eigenvalue weighted by atomic mass is 9.96. The molecule has 4 rings (SSSR count). The molecule has 1 aromatic heterocycles. The molecule has 0 N–H and O–H groups in total. The maximum Gasteiger partial charge on any atom is 0.219 e. The number of nitrogens with zero attached hydrogens (tertiary/aromatic N) is 2. The quantitative estimate of drug-likeness (QED) is 0.211. The molecular weight excluding hydrogens is 392 g/mol. The van der Waals surface area contributed by atoms with Crippen molar-refractivity contribution in [2.75, 3.05) is 0 Å². The molecule has 31 heavy (non-hydrogen) atoms. The monoisotopic (exact) mass is 421 g/mol. The van der Waals surface area contributed by atoms with Gasteiger partial charge in [0.15, 0.2) is 11.9 Å². The van der Waals surface area contributed by atoms with Crippen molar-refractivity contribution in [2.24, 2.45) is 7.05 Å². The highest BCUT2D eigenvalue weighted by molar-refractivity contribution is 6.89. The Balaban J connectivity index is 1.85. The van der Waals surface area contributed by atoms with Gasteiger partial charge in [0.1, 0.15) is 7.05 Å². The van der Waals surface area contributed by atoms with E-state index in [0.29, 0.717) is 5.69 Å². The van der Waals surface area contributed by atoms with Crippen LogP contribution >= 0.6 is 0 Å². The summed E-state index contributed by atoms with van der Waals surface area (Å²) in [6.45, 7) is 16.7. The van der Waals surface area contributed by atoms with E-state index >= 15 is 0 Å². The highest BCUT2D eigenvalue weighted by Crippen LogP contribution is 2.33. The van der Waals surface area contributed by atoms with Crippen molar-refractivity contribution in [1.29, 1.82) is 0 Å². The summed E-state index contributed by atoms with van der Waals surface area (Å²) in [5, 5.41) is 3.99. The van der Waals surface area contributed by atoms with Crippen LogP contribution in [0.2, 0.25) is 13.1 Å². The standard InChI is InChI=1S/C28H29N2Si/c1-20-16-24(29-3)18-27(21(20)2)28-26-13-12-25(17-23(26)14-15-30(28)4)31(5,6)19-22-10-8-7-9-11-22/h7-18H,19H2,1-2,4-6H3/q+1. The summed E-state index contributed by atoms with van der Waals surface area (Å²) >= 11 is 0. The first-order chi connectivity index (χ1) is 14.8. The smallest absolute Gasteiger partial charge is 0.219 e. The second-order valence-electron chi connectivity index (χ2n) is 9.17. The molecule has 0 fully saturated rings. The van der Waals surface area contributed by atoms with Crippen molar-refractivity contribution in [3.63, 3.8) is 0 Å². The first-order valence-corrected chi connectivity index (χ1v) is 14.0. The Morgan fingerprint density at radius 3 is 2.39 bits per heavy atom. The Hall–Kier alpha value is -3.22. The maximum absolute atomic E-state index is 7.50. The summed E-state index contributed by atoms with van der Waals surface area (Å²) < 4.78 is 2.18. The molecule has 4 aromatic rings. The molecular formula is C28H29N2Si+. The fourth-order valence-corrected chi connectivity index (χ4v) is 7.03. The highest BCUT2D eigenvalue weighted by Gasteiger charge is 2.25. The lowest BCUT2D eigenvalue weighted by molar-refractivity contribution is -0.659. The summed E-state index contributed by atoms with van der Waals surface area (Å²) in [7, 11) is 0.464. The molecule has 3 aromatic carbocycles. The summed E-state index contributed by atoms with van der Waals surface area (Å²) in [6.07, 6.45) is 2.15. The van der Waals surface area contributed by atoms with E-state index in [2.05, 4.69) is 104 Å². The van der Waals surface area contributed by atoms with Crippen molar-refractivity contribution >= 4 is 29.7 Å². The predicted octanol–water partition coefficient (Wildman–Crippen LogP) is 6.20. The summed E-state index contributed by atoms with van der Waals surface area (Å²) in [5.74, 6) is 0. The van der Waals surface area contributed by atoms with Crippen LogP contribution in [0.15, 0.2) is 72.9 Å². The molecule has 0 saturated carbocycles. The van der Waals surface area contributed by atoms with Crippen LogP contribution in [-0.2, 0) is 13.1 Å². The number of aromatic nitrogens is 1. The minimum atomic E-state index is -1.63. The first-order valence-electron chi connectivity index (χ1n) is 10.8. The van der Waals surface area contributed by atoms with Gasteiger partial charge < -0.3 is 0 Å². The van der Waals surface area contributed by atoms with Crippen LogP contribution in [0, 0.1) is 20.4 Å². The zero-order chi connectivity index (χ0) is 22.2. The van der Waals surface area contributed by atoms with Gasteiger partial charge in [-0.2, -0.15) is 0 Å². The lowest BCUT2D eigenvalue weighted by Crippen LogP contribution is -2.44. The highest BCUT2D eigenvalue weighted by atomic mass is 28.3. The average molecular weight is 422 g/mol. The van der Waals surface area contributed by atoms with Crippen LogP contribution in [0.1, 0.15) is 16.7 Å². The number of pyridine rings is 1. The summed E-state index contributed by atoms with van der Waals surface area (Å²) in [6, 6.07) is 25.2. The van der Waals surface area contributed by atoms with Gasteiger partial charge in [-0.1, -0.05) is 77.9 Å². The molecule has 0 unspecified atom stereocenters. The number of aryl methyl sites for hydroxylation is 2. The molecule has 0 saturated heterocycles. The molecule has 1 heterocycles. The van der Waals surface area contributed by atoms with E-state index in [9.17, 15) is 0 Å². The minimum Gasteiger partial charge on any atom is -0.238 e. The Kier molecular flexibility index (Phi) is 5.52. The van der Waals surface area contributed by atoms with Crippen LogP contribution in [0.5, 0.6) is 0 Å². The fourth-order valence-electron chi connectivity index (χ4n) is 4.49. The minimum absolute atomic E-state index is 0.697. The van der Waals surface area contributed by atoms with Gasteiger partial charge in [0.2, 0.25) is 5.69 Å². The second-order valence-corrected chi connectivity index (χ2v) is 13.9. The number of benzene rings is 3. The number of fused-ring (bicyclic) bond motifs is 1. The van der Waals surface area contributed by atoms with Gasteiger partial charge in [-0.3, -0.25) is 0 Å². The van der Waals surface area contributed by atoms with Crippen LogP contribution in [-0.4, -0.2) is 8.07 Å². The largest absolute Gasteiger partial charge is 0.238 e. The predicted molar refractivity (Wildman–Crippen MR) is 134 cm³/mol. The van der Waals surface area contributed by atoms with Gasteiger partial charge in [0.25, 0.3) is 0 Å². The van der Waals surface area contributed by atoms with Crippen LogP contribution in [0.4, 0.5) is 5.69 Å². The van der Waals surface area contributed by atoms with E-state index in [1.807, 2.05) is 12.1 Å². The maximum atomic E-state index is 7.50. The van der Waals surface area contributed by atoms with E-state index < -0.39 is 8.07 Å². The summed E-state index contributed by atoms with van der Waals surface area (Å²) in [4.78, 5) is 3.70. The van der Waals surface area contributed by atoms with Crippen molar-refractivity contribution in [3.8, 4) is 11.3 Å². The molecule has 0 aliphatic heterocycles.